The maximum atomic E-state index is 12.6. The van der Waals surface area contributed by atoms with Crippen LogP contribution in [0.2, 0.25) is 0 Å². The van der Waals surface area contributed by atoms with Gasteiger partial charge in [-0.3, -0.25) is 9.78 Å². The molecule has 2 unspecified atom stereocenters. The molecule has 0 amide bonds. The first-order valence-corrected chi connectivity index (χ1v) is 6.80. The van der Waals surface area contributed by atoms with Gasteiger partial charge >= 0.3 is 0 Å². The molecule has 2 atom stereocenters. The van der Waals surface area contributed by atoms with Gasteiger partial charge < -0.3 is 4.74 Å². The number of Topliss-reactive ketones (excluding diaryl/α,β-unsaturated/α-hetero) is 1. The molecular formula is C16H17NO2. The molecule has 1 aromatic heterocycles. The molecular weight excluding hydrogens is 238 g/mol. The SMILES string of the molecule is CCC1OCCC1C(=O)c1ccc2cccnc2c1. The molecule has 1 saturated heterocycles. The van der Waals surface area contributed by atoms with Crippen LogP contribution in [0.15, 0.2) is 36.5 Å². The molecule has 3 nitrogen and oxygen atoms in total. The van der Waals surface area contributed by atoms with Crippen LogP contribution in [0.1, 0.15) is 30.1 Å². The molecule has 3 rings (SSSR count). The van der Waals surface area contributed by atoms with Crippen molar-refractivity contribution >= 4 is 16.7 Å². The number of pyridine rings is 1. The van der Waals surface area contributed by atoms with Crippen molar-refractivity contribution in [2.45, 2.75) is 25.9 Å². The van der Waals surface area contributed by atoms with Gasteiger partial charge in [-0.2, -0.15) is 0 Å². The van der Waals surface area contributed by atoms with Crippen LogP contribution in [0.5, 0.6) is 0 Å². The molecule has 98 valence electrons. The zero-order valence-electron chi connectivity index (χ0n) is 11.0. The number of carbonyl (C=O) groups excluding carboxylic acids is 1. The van der Waals surface area contributed by atoms with E-state index in [2.05, 4.69) is 11.9 Å². The number of hydrogen-bond acceptors (Lipinski definition) is 3. The Balaban J connectivity index is 1.93. The quantitative estimate of drug-likeness (QED) is 0.790. The van der Waals surface area contributed by atoms with Crippen molar-refractivity contribution in [3.8, 4) is 0 Å². The first kappa shape index (κ1) is 12.3. The minimum Gasteiger partial charge on any atom is -0.377 e. The summed E-state index contributed by atoms with van der Waals surface area (Å²) in [5, 5.41) is 1.06. The highest BCUT2D eigenvalue weighted by atomic mass is 16.5. The summed E-state index contributed by atoms with van der Waals surface area (Å²) in [5.74, 6) is 0.197. The zero-order valence-corrected chi connectivity index (χ0v) is 11.0. The van der Waals surface area contributed by atoms with E-state index in [1.165, 1.54) is 0 Å². The van der Waals surface area contributed by atoms with Gasteiger partial charge in [0.2, 0.25) is 0 Å². The van der Waals surface area contributed by atoms with Gasteiger partial charge in [0.1, 0.15) is 0 Å². The first-order chi connectivity index (χ1) is 9.29. The van der Waals surface area contributed by atoms with Crippen molar-refractivity contribution in [1.82, 2.24) is 4.98 Å². The third-order valence-electron chi connectivity index (χ3n) is 3.84. The maximum Gasteiger partial charge on any atom is 0.168 e. The minimum absolute atomic E-state index is 0.00571. The number of rotatable bonds is 3. The zero-order chi connectivity index (χ0) is 13.2. The fourth-order valence-corrected chi connectivity index (χ4v) is 2.78. The molecule has 19 heavy (non-hydrogen) atoms. The summed E-state index contributed by atoms with van der Waals surface area (Å²) < 4.78 is 5.61. The van der Waals surface area contributed by atoms with E-state index in [1.54, 1.807) is 6.20 Å². The molecule has 0 N–H and O–H groups in total. The summed E-state index contributed by atoms with van der Waals surface area (Å²) in [6.45, 7) is 2.76. The highest BCUT2D eigenvalue weighted by Crippen LogP contribution is 2.27. The number of fused-ring (bicyclic) bond motifs is 1. The highest BCUT2D eigenvalue weighted by molar-refractivity contribution is 6.01. The largest absolute Gasteiger partial charge is 0.377 e. The van der Waals surface area contributed by atoms with Crippen LogP contribution in [-0.4, -0.2) is 23.5 Å². The number of ether oxygens (including phenoxy) is 1. The van der Waals surface area contributed by atoms with Crippen molar-refractivity contribution in [3.63, 3.8) is 0 Å². The maximum absolute atomic E-state index is 12.6. The fourth-order valence-electron chi connectivity index (χ4n) is 2.78. The monoisotopic (exact) mass is 255 g/mol. The predicted molar refractivity (Wildman–Crippen MR) is 74.2 cm³/mol. The summed E-state index contributed by atoms with van der Waals surface area (Å²) in [5.41, 5.74) is 1.63. The van der Waals surface area contributed by atoms with E-state index in [1.807, 2.05) is 30.3 Å². The topological polar surface area (TPSA) is 39.2 Å². The van der Waals surface area contributed by atoms with E-state index in [0.29, 0.717) is 6.61 Å². The Kier molecular flexibility index (Phi) is 3.30. The van der Waals surface area contributed by atoms with Gasteiger partial charge in [0.05, 0.1) is 17.5 Å². The van der Waals surface area contributed by atoms with Crippen molar-refractivity contribution in [3.05, 3.63) is 42.1 Å². The Morgan fingerprint density at radius 3 is 3.16 bits per heavy atom. The van der Waals surface area contributed by atoms with Gasteiger partial charge in [-0.25, -0.2) is 0 Å². The molecule has 0 radical (unpaired) electrons. The second-order valence-corrected chi connectivity index (χ2v) is 4.99. The Labute approximate surface area is 112 Å². The summed E-state index contributed by atoms with van der Waals surface area (Å²) in [4.78, 5) is 16.9. The first-order valence-electron chi connectivity index (χ1n) is 6.80. The molecule has 0 aliphatic carbocycles. The van der Waals surface area contributed by atoms with Crippen LogP contribution in [0, 0.1) is 5.92 Å². The lowest BCUT2D eigenvalue weighted by atomic mass is 9.90. The molecule has 1 aliphatic heterocycles. The Hall–Kier alpha value is -1.74. The second kappa shape index (κ2) is 5.10. The predicted octanol–water partition coefficient (Wildman–Crippen LogP) is 3.23. The fraction of sp³-hybridized carbons (Fsp3) is 0.375. The van der Waals surface area contributed by atoms with Gasteiger partial charge in [0, 0.05) is 23.8 Å². The van der Waals surface area contributed by atoms with Crippen LogP contribution in [0.4, 0.5) is 0 Å². The molecule has 3 heteroatoms. The molecule has 1 fully saturated rings. The average molecular weight is 255 g/mol. The Bertz CT molecular complexity index is 608. The van der Waals surface area contributed by atoms with E-state index < -0.39 is 0 Å². The summed E-state index contributed by atoms with van der Waals surface area (Å²) in [6.07, 6.45) is 3.55. The van der Waals surface area contributed by atoms with Gasteiger partial charge in [0.25, 0.3) is 0 Å². The van der Waals surface area contributed by atoms with Gasteiger partial charge in [0.15, 0.2) is 5.78 Å². The molecule has 0 bridgehead atoms. The summed E-state index contributed by atoms with van der Waals surface area (Å²) >= 11 is 0. The Morgan fingerprint density at radius 1 is 1.42 bits per heavy atom. The third kappa shape index (κ3) is 2.26. The second-order valence-electron chi connectivity index (χ2n) is 4.99. The van der Waals surface area contributed by atoms with Crippen LogP contribution >= 0.6 is 0 Å². The number of hydrogen-bond donors (Lipinski definition) is 0. The number of carbonyl (C=O) groups is 1. The number of aromatic nitrogens is 1. The molecule has 2 aromatic rings. The number of ketones is 1. The lowest BCUT2D eigenvalue weighted by Gasteiger charge is -2.15. The minimum atomic E-state index is 0.00571. The van der Waals surface area contributed by atoms with Crippen molar-refractivity contribution in [2.24, 2.45) is 5.92 Å². The van der Waals surface area contributed by atoms with Crippen molar-refractivity contribution < 1.29 is 9.53 Å². The smallest absolute Gasteiger partial charge is 0.168 e. The lowest BCUT2D eigenvalue weighted by Crippen LogP contribution is -2.23. The molecule has 2 heterocycles. The van der Waals surface area contributed by atoms with Crippen LogP contribution in [0.3, 0.4) is 0 Å². The number of nitrogens with zero attached hydrogens (tertiary/aromatic N) is 1. The van der Waals surface area contributed by atoms with Gasteiger partial charge in [-0.05, 0) is 25.0 Å². The summed E-state index contributed by atoms with van der Waals surface area (Å²) in [6, 6.07) is 9.66. The van der Waals surface area contributed by atoms with Crippen LogP contribution < -0.4 is 0 Å². The van der Waals surface area contributed by atoms with E-state index in [0.717, 1.165) is 29.3 Å². The Morgan fingerprint density at radius 2 is 2.32 bits per heavy atom. The van der Waals surface area contributed by atoms with Gasteiger partial charge in [-0.1, -0.05) is 25.1 Å². The lowest BCUT2D eigenvalue weighted by molar-refractivity contribution is 0.0689. The van der Waals surface area contributed by atoms with Crippen LogP contribution in [-0.2, 0) is 4.74 Å². The van der Waals surface area contributed by atoms with Crippen molar-refractivity contribution in [1.29, 1.82) is 0 Å². The van der Waals surface area contributed by atoms with E-state index in [4.69, 9.17) is 4.74 Å². The average Bonchev–Trinajstić information content (AvgIpc) is 2.94. The molecule has 0 saturated carbocycles. The molecule has 1 aliphatic rings. The van der Waals surface area contributed by atoms with E-state index in [-0.39, 0.29) is 17.8 Å². The van der Waals surface area contributed by atoms with Crippen LogP contribution in [0.25, 0.3) is 10.9 Å². The van der Waals surface area contributed by atoms with E-state index >= 15 is 0 Å². The molecule has 0 spiro atoms. The van der Waals surface area contributed by atoms with Crippen molar-refractivity contribution in [2.75, 3.05) is 6.61 Å². The highest BCUT2D eigenvalue weighted by Gasteiger charge is 2.33. The summed E-state index contributed by atoms with van der Waals surface area (Å²) in [7, 11) is 0. The third-order valence-corrected chi connectivity index (χ3v) is 3.84. The van der Waals surface area contributed by atoms with Gasteiger partial charge in [-0.15, -0.1) is 0 Å². The molecule has 1 aromatic carbocycles. The van der Waals surface area contributed by atoms with E-state index in [9.17, 15) is 4.79 Å². The standard InChI is InChI=1S/C16H17NO2/c1-2-15-13(7-9-19-15)16(18)12-6-5-11-4-3-8-17-14(11)10-12/h3-6,8,10,13,15H,2,7,9H2,1H3. The number of benzene rings is 1. The normalized spacial score (nSPS) is 22.8.